The highest BCUT2D eigenvalue weighted by molar-refractivity contribution is 6.23. The lowest BCUT2D eigenvalue weighted by Gasteiger charge is -2.23. The second-order valence-electron chi connectivity index (χ2n) is 12.5. The molecule has 3 heterocycles. The molecule has 0 saturated heterocycles. The van der Waals surface area contributed by atoms with Crippen molar-refractivity contribution in [3.05, 3.63) is 180 Å². The summed E-state index contributed by atoms with van der Waals surface area (Å²) in [5, 5.41) is 7.72. The predicted octanol–water partition coefficient (Wildman–Crippen LogP) is 11.3. The Morgan fingerprint density at radius 1 is 0.400 bits per heavy atom. The van der Waals surface area contributed by atoms with E-state index in [4.69, 9.17) is 18.8 Å². The van der Waals surface area contributed by atoms with Crippen LogP contribution in [-0.2, 0) is 0 Å². The summed E-state index contributed by atoms with van der Waals surface area (Å²) in [4.78, 5) is 10.6. The fourth-order valence-electron chi connectivity index (χ4n) is 7.23. The van der Waals surface area contributed by atoms with Crippen LogP contribution in [0.2, 0.25) is 0 Å². The van der Waals surface area contributed by atoms with Gasteiger partial charge in [-0.15, -0.1) is 0 Å². The zero-order chi connectivity index (χ0) is 33.0. The molecule has 1 unspecified atom stereocenters. The van der Waals surface area contributed by atoms with Crippen LogP contribution in [0.4, 0.5) is 0 Å². The molecule has 10 rings (SSSR count). The van der Waals surface area contributed by atoms with E-state index in [1.807, 2.05) is 66.7 Å². The van der Waals surface area contributed by atoms with Crippen molar-refractivity contribution in [2.45, 2.75) is 6.17 Å². The minimum atomic E-state index is -0.520. The van der Waals surface area contributed by atoms with Crippen LogP contribution >= 0.6 is 0 Å². The van der Waals surface area contributed by atoms with Gasteiger partial charge in [0, 0.05) is 43.8 Å². The zero-order valence-electron chi connectivity index (χ0n) is 26.9. The van der Waals surface area contributed by atoms with Crippen LogP contribution in [0, 0.1) is 0 Å². The molecule has 5 nitrogen and oxygen atoms in total. The standard InChI is InChI=1S/C45H29N3O2/c1-3-12-28(13-4-1)29-24-26-30(27-25-29)32-17-9-18-34-41-36(20-11-23-39(41)50-42(32)34)45-47-43(31-14-5-2-6-15-31)46-44(48-45)35-19-10-22-38-40(35)33-16-7-8-21-37(33)49-38/h1-27,45H,(H,46,47,48). The van der Waals surface area contributed by atoms with Gasteiger partial charge in [-0.1, -0.05) is 146 Å². The third-order valence-electron chi connectivity index (χ3n) is 9.58. The average molecular weight is 644 g/mol. The van der Waals surface area contributed by atoms with E-state index < -0.39 is 6.17 Å². The van der Waals surface area contributed by atoms with Gasteiger partial charge in [0.05, 0.1) is 0 Å². The van der Waals surface area contributed by atoms with E-state index in [-0.39, 0.29) is 0 Å². The monoisotopic (exact) mass is 643 g/mol. The lowest BCUT2D eigenvalue weighted by atomic mass is 9.97. The van der Waals surface area contributed by atoms with Gasteiger partial charge < -0.3 is 14.2 Å². The van der Waals surface area contributed by atoms with Gasteiger partial charge in [0.1, 0.15) is 34.0 Å². The first kappa shape index (κ1) is 28.3. The maximum atomic E-state index is 6.68. The highest BCUT2D eigenvalue weighted by Crippen LogP contribution is 2.41. The van der Waals surface area contributed by atoms with Crippen molar-refractivity contribution in [2.24, 2.45) is 9.98 Å². The predicted molar refractivity (Wildman–Crippen MR) is 204 cm³/mol. The summed E-state index contributed by atoms with van der Waals surface area (Å²) in [7, 11) is 0. The summed E-state index contributed by atoms with van der Waals surface area (Å²) < 4.78 is 12.9. The number of amidine groups is 2. The topological polar surface area (TPSA) is 63.0 Å². The zero-order valence-corrected chi connectivity index (χ0v) is 26.9. The number of hydrogen-bond donors (Lipinski definition) is 1. The Labute approximate surface area is 287 Å². The van der Waals surface area contributed by atoms with Crippen LogP contribution in [0.25, 0.3) is 66.1 Å². The van der Waals surface area contributed by atoms with E-state index in [2.05, 4.69) is 102 Å². The second kappa shape index (κ2) is 11.5. The van der Waals surface area contributed by atoms with Gasteiger partial charge in [-0.25, -0.2) is 9.98 Å². The molecule has 2 aromatic heterocycles. The number of benzene rings is 7. The summed E-state index contributed by atoms with van der Waals surface area (Å²) in [6, 6.07) is 56.2. The van der Waals surface area contributed by atoms with E-state index >= 15 is 0 Å². The summed E-state index contributed by atoms with van der Waals surface area (Å²) in [6.45, 7) is 0. The molecule has 0 bridgehead atoms. The normalized spacial score (nSPS) is 14.6. The van der Waals surface area contributed by atoms with Crippen LogP contribution in [0.5, 0.6) is 0 Å². The van der Waals surface area contributed by atoms with Gasteiger partial charge >= 0.3 is 0 Å². The van der Waals surface area contributed by atoms with Gasteiger partial charge in [0.15, 0.2) is 6.17 Å². The van der Waals surface area contributed by atoms with Crippen molar-refractivity contribution in [1.29, 1.82) is 0 Å². The molecule has 1 atom stereocenters. The number of hydrogen-bond acceptors (Lipinski definition) is 5. The molecule has 0 fully saturated rings. The van der Waals surface area contributed by atoms with Gasteiger partial charge in [-0.3, -0.25) is 0 Å². The Morgan fingerprint density at radius 2 is 0.980 bits per heavy atom. The lowest BCUT2D eigenvalue weighted by Crippen LogP contribution is -2.36. The summed E-state index contributed by atoms with van der Waals surface area (Å²) in [6.07, 6.45) is -0.520. The van der Waals surface area contributed by atoms with Crippen LogP contribution in [0.15, 0.2) is 183 Å². The Hall–Kier alpha value is -6.72. The summed E-state index contributed by atoms with van der Waals surface area (Å²) >= 11 is 0. The maximum Gasteiger partial charge on any atom is 0.170 e. The Kier molecular flexibility index (Phi) is 6.49. The van der Waals surface area contributed by atoms with E-state index in [0.717, 1.165) is 83.4 Å². The van der Waals surface area contributed by atoms with E-state index in [1.165, 1.54) is 11.1 Å². The number of rotatable bonds is 5. The number of para-hydroxylation sites is 2. The molecule has 0 amide bonds. The number of nitrogens with zero attached hydrogens (tertiary/aromatic N) is 2. The molecule has 236 valence electrons. The molecule has 0 spiro atoms. The van der Waals surface area contributed by atoms with Crippen molar-refractivity contribution in [2.75, 3.05) is 0 Å². The molecular weight excluding hydrogens is 615 g/mol. The largest absolute Gasteiger partial charge is 0.456 e. The highest BCUT2D eigenvalue weighted by Gasteiger charge is 2.26. The smallest absolute Gasteiger partial charge is 0.170 e. The van der Waals surface area contributed by atoms with E-state index in [9.17, 15) is 0 Å². The molecule has 7 aromatic carbocycles. The number of nitrogens with one attached hydrogen (secondary N) is 1. The van der Waals surface area contributed by atoms with Gasteiger partial charge in [-0.05, 0) is 34.9 Å². The van der Waals surface area contributed by atoms with Gasteiger partial charge in [0.25, 0.3) is 0 Å². The molecule has 0 radical (unpaired) electrons. The summed E-state index contributed by atoms with van der Waals surface area (Å²) in [5.74, 6) is 1.50. The molecule has 1 aliphatic heterocycles. The van der Waals surface area contributed by atoms with Crippen molar-refractivity contribution in [3.63, 3.8) is 0 Å². The van der Waals surface area contributed by atoms with Crippen molar-refractivity contribution in [3.8, 4) is 22.3 Å². The van der Waals surface area contributed by atoms with Gasteiger partial charge in [-0.2, -0.15) is 0 Å². The number of furan rings is 2. The highest BCUT2D eigenvalue weighted by atomic mass is 16.3. The van der Waals surface area contributed by atoms with Crippen molar-refractivity contribution in [1.82, 2.24) is 5.32 Å². The number of fused-ring (bicyclic) bond motifs is 6. The molecule has 1 N–H and O–H groups in total. The van der Waals surface area contributed by atoms with Crippen molar-refractivity contribution < 1.29 is 8.83 Å². The quantitative estimate of drug-likeness (QED) is 0.203. The van der Waals surface area contributed by atoms with Crippen LogP contribution in [0.1, 0.15) is 22.9 Å². The number of aliphatic imine (C=N–C) groups is 2. The summed E-state index contributed by atoms with van der Waals surface area (Å²) in [5.41, 5.74) is 10.8. The Bertz CT molecular complexity index is 2770. The van der Waals surface area contributed by atoms with Crippen LogP contribution in [0.3, 0.4) is 0 Å². The second-order valence-corrected chi connectivity index (χ2v) is 12.5. The minimum absolute atomic E-state index is 0.520. The van der Waals surface area contributed by atoms with Gasteiger partial charge in [0.2, 0.25) is 0 Å². The molecule has 0 saturated carbocycles. The molecular formula is C45H29N3O2. The molecule has 9 aromatic rings. The van der Waals surface area contributed by atoms with Crippen LogP contribution < -0.4 is 5.32 Å². The maximum absolute atomic E-state index is 6.68. The van der Waals surface area contributed by atoms with E-state index in [0.29, 0.717) is 0 Å². The minimum Gasteiger partial charge on any atom is -0.456 e. The third-order valence-corrected chi connectivity index (χ3v) is 9.58. The van der Waals surface area contributed by atoms with E-state index in [1.54, 1.807) is 0 Å². The first-order chi connectivity index (χ1) is 24.8. The average Bonchev–Trinajstić information content (AvgIpc) is 3.77. The Balaban J connectivity index is 1.14. The molecule has 1 aliphatic rings. The fourth-order valence-corrected chi connectivity index (χ4v) is 7.23. The van der Waals surface area contributed by atoms with Crippen molar-refractivity contribution >= 4 is 55.5 Å². The molecule has 5 heteroatoms. The third kappa shape index (κ3) is 4.63. The fraction of sp³-hybridized carbons (Fsp3) is 0.0222. The first-order valence-corrected chi connectivity index (χ1v) is 16.8. The SMILES string of the molecule is c1ccc(C2=NC(c3cccc4oc5c(-c6ccc(-c7ccccc7)cc6)cccc5c34)N=C(c3cccc4oc5ccccc5c34)N2)cc1. The first-order valence-electron chi connectivity index (χ1n) is 16.8. The molecule has 0 aliphatic carbocycles. The Morgan fingerprint density at radius 3 is 1.80 bits per heavy atom. The van der Waals surface area contributed by atoms with Crippen LogP contribution in [-0.4, -0.2) is 11.7 Å². The lowest BCUT2D eigenvalue weighted by molar-refractivity contribution is 0.668. The molecule has 50 heavy (non-hydrogen) atoms.